The number of hydrogen-bond acceptors (Lipinski definition) is 3. The molecule has 1 unspecified atom stereocenters. The van der Waals surface area contributed by atoms with Crippen LogP contribution in [0.1, 0.15) is 37.8 Å². The molecule has 152 valence electrons. The minimum atomic E-state index is -1.80. The Morgan fingerprint density at radius 2 is 1.90 bits per heavy atom. The molecule has 2 aromatic rings. The Morgan fingerprint density at radius 1 is 1.17 bits per heavy atom. The highest BCUT2D eigenvalue weighted by molar-refractivity contribution is 6.10. The molecule has 0 saturated carbocycles. The summed E-state index contributed by atoms with van der Waals surface area (Å²) in [4.78, 5) is 38.2. The highest BCUT2D eigenvalue weighted by Crippen LogP contribution is 2.31. The molecule has 0 radical (unpaired) electrons. The average Bonchev–Trinajstić information content (AvgIpc) is 2.87. The van der Waals surface area contributed by atoms with Crippen molar-refractivity contribution in [3.05, 3.63) is 65.2 Å². The summed E-state index contributed by atoms with van der Waals surface area (Å²) in [7, 11) is 0. The maximum atomic E-state index is 14.2. The van der Waals surface area contributed by atoms with Gasteiger partial charge in [-0.1, -0.05) is 26.0 Å². The molecule has 29 heavy (non-hydrogen) atoms. The Morgan fingerprint density at radius 3 is 2.59 bits per heavy atom. The number of carbonyl (C=O) groups excluding carboxylic acids is 3. The molecule has 1 saturated heterocycles. The van der Waals surface area contributed by atoms with Gasteiger partial charge in [0.05, 0.1) is 0 Å². The van der Waals surface area contributed by atoms with Gasteiger partial charge in [-0.3, -0.25) is 14.5 Å². The van der Waals surface area contributed by atoms with Crippen molar-refractivity contribution in [1.82, 2.24) is 10.2 Å². The molecule has 1 fully saturated rings. The number of halogens is 2. The third kappa shape index (κ3) is 3.96. The normalized spacial score (nSPS) is 18.9. The highest BCUT2D eigenvalue weighted by Gasteiger charge is 2.50. The second kappa shape index (κ2) is 7.62. The lowest BCUT2D eigenvalue weighted by Gasteiger charge is -2.22. The van der Waals surface area contributed by atoms with Crippen molar-refractivity contribution in [2.75, 3.05) is 11.9 Å². The quantitative estimate of drug-likeness (QED) is 0.753. The minimum absolute atomic E-state index is 0.264. The van der Waals surface area contributed by atoms with Crippen molar-refractivity contribution in [3.8, 4) is 0 Å². The molecule has 0 aromatic heterocycles. The first-order chi connectivity index (χ1) is 13.6. The summed E-state index contributed by atoms with van der Waals surface area (Å²) in [5, 5.41) is 5.00. The molecular formula is C21H21F2N3O3. The number of anilines is 1. The molecule has 1 aliphatic heterocycles. The van der Waals surface area contributed by atoms with Crippen LogP contribution in [0, 0.1) is 11.6 Å². The van der Waals surface area contributed by atoms with E-state index in [1.165, 1.54) is 6.92 Å². The van der Waals surface area contributed by atoms with Gasteiger partial charge in [-0.05, 0) is 48.7 Å². The van der Waals surface area contributed by atoms with Gasteiger partial charge < -0.3 is 10.6 Å². The molecule has 3 rings (SSSR count). The number of nitrogens with one attached hydrogen (secondary N) is 2. The van der Waals surface area contributed by atoms with E-state index in [9.17, 15) is 23.2 Å². The largest absolute Gasteiger partial charge is 0.325 e. The molecule has 6 nitrogen and oxygen atoms in total. The summed E-state index contributed by atoms with van der Waals surface area (Å²) in [6.07, 6.45) is 0. The van der Waals surface area contributed by atoms with E-state index in [2.05, 4.69) is 10.6 Å². The lowest BCUT2D eigenvalue weighted by molar-refractivity contribution is -0.133. The second-order valence-electron chi connectivity index (χ2n) is 7.40. The zero-order valence-corrected chi connectivity index (χ0v) is 16.3. The molecule has 1 heterocycles. The van der Waals surface area contributed by atoms with Crippen LogP contribution >= 0.6 is 0 Å². The summed E-state index contributed by atoms with van der Waals surface area (Å²) < 4.78 is 27.7. The van der Waals surface area contributed by atoms with Gasteiger partial charge in [0.15, 0.2) is 0 Å². The molecule has 0 bridgehead atoms. The average molecular weight is 401 g/mol. The monoisotopic (exact) mass is 401 g/mol. The summed E-state index contributed by atoms with van der Waals surface area (Å²) in [5.74, 6) is -2.73. The summed E-state index contributed by atoms with van der Waals surface area (Å²) in [6, 6.07) is 9.02. The third-order valence-corrected chi connectivity index (χ3v) is 4.88. The van der Waals surface area contributed by atoms with Crippen LogP contribution in [0.2, 0.25) is 0 Å². The lowest BCUT2D eigenvalue weighted by atomic mass is 9.91. The standard InChI is InChI=1S/C21H21F2N3O3/c1-12(2)13-5-4-6-15(9-13)24-18(27)11-26-19(28)21(3,25-20(26)29)16-10-14(22)7-8-17(16)23/h4-10,12H,11H2,1-3H3,(H,24,27)(H,25,29). The predicted octanol–water partition coefficient (Wildman–Crippen LogP) is 3.49. The van der Waals surface area contributed by atoms with E-state index in [0.29, 0.717) is 10.6 Å². The number of imide groups is 1. The summed E-state index contributed by atoms with van der Waals surface area (Å²) in [5.41, 5.74) is -0.552. The van der Waals surface area contributed by atoms with Gasteiger partial charge in [0.1, 0.15) is 23.7 Å². The van der Waals surface area contributed by atoms with E-state index in [4.69, 9.17) is 0 Å². The van der Waals surface area contributed by atoms with E-state index in [-0.39, 0.29) is 11.5 Å². The summed E-state index contributed by atoms with van der Waals surface area (Å²) in [6.45, 7) is 4.75. The Balaban J connectivity index is 1.77. The second-order valence-corrected chi connectivity index (χ2v) is 7.40. The van der Waals surface area contributed by atoms with Crippen LogP contribution in [0.5, 0.6) is 0 Å². The van der Waals surface area contributed by atoms with Crippen molar-refractivity contribution < 1.29 is 23.2 Å². The van der Waals surface area contributed by atoms with Crippen molar-refractivity contribution in [3.63, 3.8) is 0 Å². The smallest absolute Gasteiger partial charge is 0.325 e. The zero-order valence-electron chi connectivity index (χ0n) is 16.3. The van der Waals surface area contributed by atoms with E-state index in [1.54, 1.807) is 18.2 Å². The van der Waals surface area contributed by atoms with Crippen molar-refractivity contribution >= 4 is 23.5 Å². The topological polar surface area (TPSA) is 78.5 Å². The number of rotatable bonds is 5. The number of nitrogens with zero attached hydrogens (tertiary/aromatic N) is 1. The number of carbonyl (C=O) groups is 3. The molecule has 2 N–H and O–H groups in total. The van der Waals surface area contributed by atoms with Gasteiger partial charge >= 0.3 is 6.03 Å². The molecule has 1 atom stereocenters. The molecule has 8 heteroatoms. The molecule has 0 aliphatic carbocycles. The fraction of sp³-hybridized carbons (Fsp3) is 0.286. The predicted molar refractivity (Wildman–Crippen MR) is 103 cm³/mol. The van der Waals surface area contributed by atoms with Crippen molar-refractivity contribution in [2.24, 2.45) is 0 Å². The molecule has 0 spiro atoms. The number of hydrogen-bond donors (Lipinski definition) is 2. The fourth-order valence-electron chi connectivity index (χ4n) is 3.22. The summed E-state index contributed by atoms with van der Waals surface area (Å²) >= 11 is 0. The van der Waals surface area contributed by atoms with Gasteiger partial charge in [-0.15, -0.1) is 0 Å². The van der Waals surface area contributed by atoms with Crippen LogP contribution in [0.4, 0.5) is 19.3 Å². The Labute approximate surface area is 166 Å². The molecule has 2 aromatic carbocycles. The maximum Gasteiger partial charge on any atom is 0.325 e. The first-order valence-corrected chi connectivity index (χ1v) is 9.11. The van der Waals surface area contributed by atoms with E-state index >= 15 is 0 Å². The van der Waals surface area contributed by atoms with Gasteiger partial charge in [0.25, 0.3) is 5.91 Å². The number of benzene rings is 2. The zero-order chi connectivity index (χ0) is 21.3. The molecular weight excluding hydrogens is 380 g/mol. The Kier molecular flexibility index (Phi) is 5.37. The maximum absolute atomic E-state index is 14.2. The van der Waals surface area contributed by atoms with Crippen molar-refractivity contribution in [1.29, 1.82) is 0 Å². The highest BCUT2D eigenvalue weighted by atomic mass is 19.1. The first-order valence-electron chi connectivity index (χ1n) is 9.11. The van der Waals surface area contributed by atoms with Gasteiger partial charge in [-0.25, -0.2) is 13.6 Å². The van der Waals surface area contributed by atoms with Crippen LogP contribution in [0.25, 0.3) is 0 Å². The number of urea groups is 1. The first kappa shape index (κ1) is 20.4. The lowest BCUT2D eigenvalue weighted by Crippen LogP contribution is -2.42. The fourth-order valence-corrected chi connectivity index (χ4v) is 3.22. The van der Waals surface area contributed by atoms with E-state index in [0.717, 1.165) is 23.8 Å². The van der Waals surface area contributed by atoms with Gasteiger partial charge in [-0.2, -0.15) is 0 Å². The Bertz CT molecular complexity index is 993. The molecule has 1 aliphatic rings. The van der Waals surface area contributed by atoms with Crippen LogP contribution in [0.3, 0.4) is 0 Å². The van der Waals surface area contributed by atoms with E-state index in [1.807, 2.05) is 19.9 Å². The Hall–Kier alpha value is -3.29. The molecule has 4 amide bonds. The van der Waals surface area contributed by atoms with Gasteiger partial charge in [0, 0.05) is 11.3 Å². The minimum Gasteiger partial charge on any atom is -0.325 e. The van der Waals surface area contributed by atoms with E-state index < -0.39 is 41.6 Å². The third-order valence-electron chi connectivity index (χ3n) is 4.88. The van der Waals surface area contributed by atoms with Crippen LogP contribution in [0.15, 0.2) is 42.5 Å². The number of amides is 4. The van der Waals surface area contributed by atoms with Crippen LogP contribution in [-0.4, -0.2) is 29.3 Å². The SMILES string of the molecule is CC(C)c1cccc(NC(=O)CN2C(=O)NC(C)(c3cc(F)ccc3F)C2=O)c1. The van der Waals surface area contributed by atoms with Crippen LogP contribution < -0.4 is 10.6 Å². The van der Waals surface area contributed by atoms with Crippen LogP contribution in [-0.2, 0) is 15.1 Å². The van der Waals surface area contributed by atoms with Gasteiger partial charge in [0.2, 0.25) is 5.91 Å². The van der Waals surface area contributed by atoms with Crippen molar-refractivity contribution in [2.45, 2.75) is 32.2 Å².